The number of aryl methyl sites for hydroxylation is 2. The van der Waals surface area contributed by atoms with Crippen molar-refractivity contribution in [2.75, 3.05) is 36.9 Å². The van der Waals surface area contributed by atoms with Crippen molar-refractivity contribution in [1.82, 2.24) is 25.1 Å². The molecule has 0 bridgehead atoms. The highest BCUT2D eigenvalue weighted by atomic mass is 35.5. The number of ether oxygens (including phenoxy) is 1. The molecule has 186 valence electrons. The maximum absolute atomic E-state index is 15.2. The Labute approximate surface area is 209 Å². The van der Waals surface area contributed by atoms with E-state index < -0.39 is 0 Å². The molecule has 8 nitrogen and oxygen atoms in total. The second kappa shape index (κ2) is 10.5. The van der Waals surface area contributed by atoms with Crippen molar-refractivity contribution in [3.05, 3.63) is 52.1 Å². The van der Waals surface area contributed by atoms with Crippen LogP contribution in [0.5, 0.6) is 0 Å². The van der Waals surface area contributed by atoms with E-state index >= 15 is 4.39 Å². The molecule has 2 saturated heterocycles. The lowest BCUT2D eigenvalue weighted by Gasteiger charge is -2.39. The van der Waals surface area contributed by atoms with Crippen LogP contribution in [-0.4, -0.2) is 57.4 Å². The van der Waals surface area contributed by atoms with Gasteiger partial charge in [0.15, 0.2) is 11.6 Å². The lowest BCUT2D eigenvalue weighted by Crippen LogP contribution is -2.43. The number of anilines is 4. The Hall–Kier alpha value is -2.75. The quantitative estimate of drug-likeness (QED) is 0.415. The Morgan fingerprint density at radius 2 is 1.86 bits per heavy atom. The molecule has 0 unspecified atom stereocenters. The fourth-order valence-electron chi connectivity index (χ4n) is 5.10. The summed E-state index contributed by atoms with van der Waals surface area (Å²) in [5.41, 5.74) is 3.41. The fraction of sp³-hybridized carbons (Fsp3) is 0.480. The molecule has 0 aliphatic carbocycles. The molecule has 0 saturated carbocycles. The number of nitrogens with one attached hydrogen (secondary N) is 3. The molecule has 3 aromatic rings. The summed E-state index contributed by atoms with van der Waals surface area (Å²) < 4.78 is 20.7. The maximum Gasteiger partial charge on any atom is 0.229 e. The van der Waals surface area contributed by atoms with Crippen molar-refractivity contribution in [2.45, 2.75) is 51.5 Å². The van der Waals surface area contributed by atoms with Gasteiger partial charge in [-0.2, -0.15) is 10.1 Å². The van der Waals surface area contributed by atoms with Crippen LogP contribution in [0.4, 0.5) is 27.7 Å². The third-order valence-corrected chi connectivity index (χ3v) is 7.25. The number of hydrogen-bond acceptors (Lipinski definition) is 7. The minimum absolute atomic E-state index is 0.250. The Bertz CT molecular complexity index is 1170. The molecule has 3 N–H and O–H groups in total. The molecule has 2 aromatic heterocycles. The van der Waals surface area contributed by atoms with Crippen LogP contribution in [0, 0.1) is 19.7 Å². The van der Waals surface area contributed by atoms with Crippen LogP contribution in [-0.2, 0) is 4.74 Å². The molecule has 2 aliphatic heterocycles. The Morgan fingerprint density at radius 3 is 2.57 bits per heavy atom. The topological polar surface area (TPSA) is 91.0 Å². The van der Waals surface area contributed by atoms with Crippen LogP contribution in [0.15, 0.2) is 24.4 Å². The number of hydrogen-bond donors (Lipinski definition) is 3. The van der Waals surface area contributed by atoms with Crippen LogP contribution in [0.25, 0.3) is 0 Å². The van der Waals surface area contributed by atoms with Gasteiger partial charge in [0.1, 0.15) is 10.8 Å². The van der Waals surface area contributed by atoms with E-state index in [4.69, 9.17) is 16.3 Å². The van der Waals surface area contributed by atoms with E-state index in [1.807, 2.05) is 26.0 Å². The molecule has 5 rings (SSSR count). The predicted molar refractivity (Wildman–Crippen MR) is 135 cm³/mol. The number of aromatic nitrogens is 4. The number of nitrogens with zero attached hydrogens (tertiary/aromatic N) is 4. The predicted octanol–water partition coefficient (Wildman–Crippen LogP) is 5.45. The largest absolute Gasteiger partial charge is 0.381 e. The van der Waals surface area contributed by atoms with E-state index in [1.165, 1.54) is 6.20 Å². The third kappa shape index (κ3) is 5.58. The van der Waals surface area contributed by atoms with Gasteiger partial charge in [0.05, 0.1) is 11.9 Å². The normalized spacial score (nSPS) is 18.1. The second-order valence-electron chi connectivity index (χ2n) is 9.42. The Kier molecular flexibility index (Phi) is 7.17. The Balaban J connectivity index is 1.26. The van der Waals surface area contributed by atoms with E-state index in [2.05, 4.69) is 35.7 Å². The van der Waals surface area contributed by atoms with E-state index in [1.54, 1.807) is 6.07 Å². The first kappa shape index (κ1) is 24.0. The lowest BCUT2D eigenvalue weighted by molar-refractivity contribution is 0.0251. The molecule has 35 heavy (non-hydrogen) atoms. The lowest BCUT2D eigenvalue weighted by atomic mass is 9.85. The molecule has 0 atom stereocenters. The summed E-state index contributed by atoms with van der Waals surface area (Å²) >= 11 is 6.24. The molecule has 0 amide bonds. The minimum Gasteiger partial charge on any atom is -0.381 e. The zero-order valence-corrected chi connectivity index (χ0v) is 20.8. The molecule has 10 heteroatoms. The van der Waals surface area contributed by atoms with Crippen molar-refractivity contribution in [3.8, 4) is 0 Å². The monoisotopic (exact) mass is 499 g/mol. The highest BCUT2D eigenvalue weighted by Gasteiger charge is 2.28. The molecule has 4 heterocycles. The van der Waals surface area contributed by atoms with Gasteiger partial charge in [-0.15, -0.1) is 0 Å². The van der Waals surface area contributed by atoms with Crippen molar-refractivity contribution < 1.29 is 9.13 Å². The molecule has 2 fully saturated rings. The van der Waals surface area contributed by atoms with Gasteiger partial charge in [-0.25, -0.2) is 9.37 Å². The van der Waals surface area contributed by atoms with Crippen LogP contribution in [0.1, 0.15) is 48.4 Å². The van der Waals surface area contributed by atoms with Gasteiger partial charge in [-0.1, -0.05) is 11.6 Å². The van der Waals surface area contributed by atoms with Gasteiger partial charge in [0, 0.05) is 31.0 Å². The zero-order chi connectivity index (χ0) is 24.4. The molecule has 0 spiro atoms. The summed E-state index contributed by atoms with van der Waals surface area (Å²) in [6, 6.07) is 5.98. The Morgan fingerprint density at radius 1 is 1.09 bits per heavy atom. The summed E-state index contributed by atoms with van der Waals surface area (Å²) in [5, 5.41) is 13.4. The standard InChI is InChI=1S/C25H31ClFN7O/c1-15-11-22(29-25-28-14-20(26)24(31-25)30-23-12-16(2)32-33-23)21(27)13-19(15)17-3-7-34(8-4-17)18-5-9-35-10-6-18/h11-14,17-18H,3-10H2,1-2H3,(H3,28,29,30,31,32,33). The summed E-state index contributed by atoms with van der Waals surface area (Å²) in [4.78, 5) is 11.2. The van der Waals surface area contributed by atoms with Gasteiger partial charge in [0.2, 0.25) is 5.95 Å². The summed E-state index contributed by atoms with van der Waals surface area (Å²) in [6.45, 7) is 7.78. The molecule has 1 aromatic carbocycles. The number of H-pyrrole nitrogens is 1. The summed E-state index contributed by atoms with van der Waals surface area (Å²) in [6.07, 6.45) is 5.80. The third-order valence-electron chi connectivity index (χ3n) is 6.98. The molecule has 2 aliphatic rings. The van der Waals surface area contributed by atoms with Crippen molar-refractivity contribution in [1.29, 1.82) is 0 Å². The van der Waals surface area contributed by atoms with E-state index in [0.717, 1.165) is 68.8 Å². The number of rotatable bonds is 6. The fourth-order valence-corrected chi connectivity index (χ4v) is 5.24. The first-order chi connectivity index (χ1) is 17.0. The maximum atomic E-state index is 15.2. The van der Waals surface area contributed by atoms with E-state index in [0.29, 0.717) is 34.3 Å². The SMILES string of the molecule is Cc1cc(Nc2nc(Nc3cc(C)c(C4CCN(C5CCOCC5)CC4)cc3F)ncc2Cl)n[nH]1. The number of halogens is 2. The van der Waals surface area contributed by atoms with E-state index in [9.17, 15) is 0 Å². The molecular weight excluding hydrogens is 469 g/mol. The minimum atomic E-state index is -0.312. The first-order valence-corrected chi connectivity index (χ1v) is 12.5. The van der Waals surface area contributed by atoms with Crippen LogP contribution in [0.2, 0.25) is 5.02 Å². The van der Waals surface area contributed by atoms with Crippen LogP contribution in [0.3, 0.4) is 0 Å². The number of benzene rings is 1. The first-order valence-electron chi connectivity index (χ1n) is 12.2. The highest BCUT2D eigenvalue weighted by Crippen LogP contribution is 2.35. The molecular formula is C25H31ClFN7O. The summed E-state index contributed by atoms with van der Waals surface area (Å²) in [7, 11) is 0. The van der Waals surface area contributed by atoms with Crippen molar-refractivity contribution in [2.24, 2.45) is 0 Å². The smallest absolute Gasteiger partial charge is 0.229 e. The van der Waals surface area contributed by atoms with Gasteiger partial charge < -0.3 is 20.3 Å². The van der Waals surface area contributed by atoms with Gasteiger partial charge >= 0.3 is 0 Å². The van der Waals surface area contributed by atoms with Crippen LogP contribution >= 0.6 is 11.6 Å². The number of piperidine rings is 1. The molecule has 0 radical (unpaired) electrons. The van der Waals surface area contributed by atoms with Crippen molar-refractivity contribution in [3.63, 3.8) is 0 Å². The average molecular weight is 500 g/mol. The van der Waals surface area contributed by atoms with Gasteiger partial charge in [-0.05, 0) is 81.8 Å². The number of aromatic amines is 1. The van der Waals surface area contributed by atoms with Gasteiger partial charge in [0.25, 0.3) is 0 Å². The number of likely N-dealkylation sites (tertiary alicyclic amines) is 1. The second-order valence-corrected chi connectivity index (χ2v) is 9.83. The van der Waals surface area contributed by atoms with E-state index in [-0.39, 0.29) is 11.8 Å². The highest BCUT2D eigenvalue weighted by molar-refractivity contribution is 6.32. The average Bonchev–Trinajstić information content (AvgIpc) is 3.28. The van der Waals surface area contributed by atoms with Crippen molar-refractivity contribution >= 4 is 34.9 Å². The van der Waals surface area contributed by atoms with Gasteiger partial charge in [-0.3, -0.25) is 5.10 Å². The zero-order valence-electron chi connectivity index (χ0n) is 20.1. The summed E-state index contributed by atoms with van der Waals surface area (Å²) in [5.74, 6) is 1.28. The van der Waals surface area contributed by atoms with Crippen LogP contribution < -0.4 is 10.6 Å².